The van der Waals surface area contributed by atoms with Crippen LogP contribution in [-0.4, -0.2) is 15.5 Å². The SMILES string of the molecule is Cn1c(=O)c(C(=O)c2ccc(N(c3ccccc3)c3ccccc3)cc2)c(O)c2ccccc21.O=P(c1ccccc1)(c1ccccc1)c1ccccc1.[Gd]. The van der Waals surface area contributed by atoms with E-state index in [2.05, 4.69) is 4.90 Å². The first-order valence-corrected chi connectivity index (χ1v) is 19.2. The molecule has 55 heavy (non-hydrogen) atoms. The summed E-state index contributed by atoms with van der Waals surface area (Å²) in [7, 11) is -1.18. The molecule has 0 atom stereocenters. The van der Waals surface area contributed by atoms with Crippen LogP contribution in [0.25, 0.3) is 10.9 Å². The van der Waals surface area contributed by atoms with Crippen molar-refractivity contribution in [3.63, 3.8) is 0 Å². The molecule has 0 aliphatic carbocycles. The maximum Gasteiger partial charge on any atom is 0.265 e. The standard InChI is InChI=1S/C29H22N2O3.C18H15OP.Gd/c1-30-25-15-9-8-14-24(25)28(33)26(29(30)34)27(32)20-16-18-23(19-17-20)31(21-10-4-2-5-11-21)22-12-6-3-7-13-22;19-20(16-10-4-1-5-11-16,17-12-6-2-7-13-17)18-14-8-3-9-15-18;/h2-19,33H,1H3;1-15H;. The molecule has 0 radical (unpaired) electrons. The van der Waals surface area contributed by atoms with E-state index >= 15 is 0 Å². The number of rotatable bonds is 8. The summed E-state index contributed by atoms with van der Waals surface area (Å²) < 4.78 is 15.2. The molecule has 0 aliphatic heterocycles. The molecule has 6 nitrogen and oxygen atoms in total. The van der Waals surface area contributed by atoms with Crippen molar-refractivity contribution in [2.24, 2.45) is 7.05 Å². The summed E-state index contributed by atoms with van der Waals surface area (Å²) in [6.45, 7) is 0. The Bertz CT molecular complexity index is 2480. The summed E-state index contributed by atoms with van der Waals surface area (Å²) >= 11 is 0. The second-order valence-electron chi connectivity index (χ2n) is 12.6. The molecule has 0 saturated heterocycles. The molecule has 8 heteroatoms. The third-order valence-electron chi connectivity index (χ3n) is 9.28. The Kier molecular flexibility index (Phi) is 12.7. The van der Waals surface area contributed by atoms with Crippen molar-refractivity contribution in [2.45, 2.75) is 0 Å². The molecule has 0 bridgehead atoms. The Morgan fingerprint density at radius 2 is 0.891 bits per heavy atom. The summed E-state index contributed by atoms with van der Waals surface area (Å²) in [6, 6.07) is 63.1. The molecule has 0 aliphatic rings. The first kappa shape index (κ1) is 39.3. The fourth-order valence-corrected chi connectivity index (χ4v) is 9.22. The first-order valence-electron chi connectivity index (χ1n) is 17.5. The number of aryl methyl sites for hydroxylation is 1. The Hall–Kier alpha value is -5.43. The van der Waals surface area contributed by atoms with Gasteiger partial charge in [-0.25, -0.2) is 0 Å². The number of carbonyl (C=O) groups excluding carboxylic acids is 1. The van der Waals surface area contributed by atoms with E-state index in [1.807, 2.05) is 164 Å². The summed E-state index contributed by atoms with van der Waals surface area (Å²) in [4.78, 5) is 28.3. The van der Waals surface area contributed by atoms with Gasteiger partial charge in [-0.3, -0.25) is 9.59 Å². The molecular weight excluding hydrogens is 845 g/mol. The van der Waals surface area contributed by atoms with Crippen LogP contribution in [0.3, 0.4) is 0 Å². The van der Waals surface area contributed by atoms with E-state index in [0.29, 0.717) is 16.5 Å². The number of aromatic hydroxyl groups is 1. The van der Waals surface area contributed by atoms with Gasteiger partial charge in [-0.1, -0.05) is 140 Å². The van der Waals surface area contributed by atoms with Crippen LogP contribution in [0.15, 0.2) is 205 Å². The maximum absolute atomic E-state index is 13.8. The third kappa shape index (κ3) is 8.17. The molecule has 7 aromatic carbocycles. The van der Waals surface area contributed by atoms with Crippen LogP contribution in [0.5, 0.6) is 5.75 Å². The van der Waals surface area contributed by atoms with Crippen LogP contribution in [0.2, 0.25) is 0 Å². The van der Waals surface area contributed by atoms with Gasteiger partial charge in [0.1, 0.15) is 11.3 Å². The minimum atomic E-state index is -2.78. The van der Waals surface area contributed by atoms with E-state index in [-0.39, 0.29) is 51.3 Å². The third-order valence-corrected chi connectivity index (χ3v) is 12.4. The van der Waals surface area contributed by atoms with Crippen molar-refractivity contribution in [2.75, 3.05) is 4.90 Å². The number of hydrogen-bond donors (Lipinski definition) is 1. The fraction of sp³-hybridized carbons (Fsp3) is 0.0213. The second kappa shape index (κ2) is 17.8. The summed E-state index contributed by atoms with van der Waals surface area (Å²) in [6.07, 6.45) is 0. The monoisotopic (exact) mass is 882 g/mol. The molecule has 0 fully saturated rings. The first-order chi connectivity index (χ1) is 26.4. The number of aromatic nitrogens is 1. The smallest absolute Gasteiger partial charge is 0.265 e. The minimum Gasteiger partial charge on any atom is -0.506 e. The summed E-state index contributed by atoms with van der Waals surface area (Å²) in [5, 5.41) is 13.9. The van der Waals surface area contributed by atoms with E-state index in [1.54, 1.807) is 43.4 Å². The van der Waals surface area contributed by atoms with Gasteiger partial charge in [0.2, 0.25) is 5.78 Å². The van der Waals surface area contributed by atoms with Gasteiger partial charge in [0.05, 0.1) is 5.52 Å². The molecule has 1 N–H and O–H groups in total. The van der Waals surface area contributed by atoms with Gasteiger partial charge in [-0.15, -0.1) is 0 Å². The number of nitrogens with zero attached hydrogens (tertiary/aromatic N) is 2. The molecule has 8 aromatic rings. The van der Waals surface area contributed by atoms with Crippen LogP contribution in [0.4, 0.5) is 17.1 Å². The predicted octanol–water partition coefficient (Wildman–Crippen LogP) is 9.27. The summed E-state index contributed by atoms with van der Waals surface area (Å²) in [5.74, 6) is -0.802. The van der Waals surface area contributed by atoms with Gasteiger partial charge >= 0.3 is 0 Å². The molecule has 1 heterocycles. The van der Waals surface area contributed by atoms with Gasteiger partial charge in [-0.2, -0.15) is 0 Å². The predicted molar refractivity (Wildman–Crippen MR) is 221 cm³/mol. The maximum atomic E-state index is 13.8. The van der Waals surface area contributed by atoms with Crippen LogP contribution < -0.4 is 26.4 Å². The van der Waals surface area contributed by atoms with E-state index in [0.717, 1.165) is 33.0 Å². The van der Waals surface area contributed by atoms with Gasteiger partial charge in [0.25, 0.3) is 5.56 Å². The largest absolute Gasteiger partial charge is 0.506 e. The second-order valence-corrected chi connectivity index (χ2v) is 15.4. The van der Waals surface area contributed by atoms with Crippen LogP contribution >= 0.6 is 7.14 Å². The summed E-state index contributed by atoms with van der Waals surface area (Å²) in [5.41, 5.74) is 2.97. The fourth-order valence-electron chi connectivity index (χ4n) is 6.55. The average molecular weight is 882 g/mol. The van der Waals surface area contributed by atoms with Crippen molar-refractivity contribution in [1.82, 2.24) is 4.57 Å². The Morgan fingerprint density at radius 1 is 0.527 bits per heavy atom. The van der Waals surface area contributed by atoms with Gasteiger partial charge in [0, 0.05) is 90.9 Å². The van der Waals surface area contributed by atoms with Crippen LogP contribution in [0.1, 0.15) is 15.9 Å². The van der Waals surface area contributed by atoms with Crippen molar-refractivity contribution in [3.8, 4) is 5.75 Å². The molecule has 272 valence electrons. The molecule has 0 spiro atoms. The number of anilines is 3. The molecule has 0 amide bonds. The Balaban J connectivity index is 0.000000209. The van der Waals surface area contributed by atoms with Crippen molar-refractivity contribution >= 4 is 56.8 Å². The van der Waals surface area contributed by atoms with E-state index in [9.17, 15) is 19.3 Å². The number of fused-ring (bicyclic) bond motifs is 1. The Morgan fingerprint density at radius 3 is 1.33 bits per heavy atom. The zero-order valence-electron chi connectivity index (χ0n) is 29.9. The Labute approximate surface area is 352 Å². The molecule has 8 rings (SSSR count). The van der Waals surface area contributed by atoms with Crippen molar-refractivity contribution in [3.05, 3.63) is 222 Å². The number of pyridine rings is 1. The number of para-hydroxylation sites is 3. The quantitative estimate of drug-likeness (QED) is 0.122. The molecular formula is C47H37GdN2O4P. The van der Waals surface area contributed by atoms with E-state index in [1.165, 1.54) is 4.57 Å². The van der Waals surface area contributed by atoms with Gasteiger partial charge in [-0.05, 0) is 60.7 Å². The zero-order chi connectivity index (χ0) is 37.5. The number of carbonyl (C=O) groups is 1. The number of ketones is 1. The van der Waals surface area contributed by atoms with Gasteiger partial charge in [0.15, 0.2) is 7.14 Å². The van der Waals surface area contributed by atoms with Crippen molar-refractivity contribution in [1.29, 1.82) is 0 Å². The van der Waals surface area contributed by atoms with E-state index in [4.69, 9.17) is 0 Å². The normalized spacial score (nSPS) is 10.8. The van der Waals surface area contributed by atoms with Gasteiger partial charge < -0.3 is 19.1 Å². The number of hydrogen-bond acceptors (Lipinski definition) is 5. The average Bonchev–Trinajstić information content (AvgIpc) is 3.25. The molecule has 0 saturated carbocycles. The molecule has 1 aromatic heterocycles. The zero-order valence-corrected chi connectivity index (χ0v) is 33.1. The topological polar surface area (TPSA) is 79.6 Å². The van der Waals surface area contributed by atoms with Crippen LogP contribution in [0, 0.1) is 39.9 Å². The van der Waals surface area contributed by atoms with Crippen molar-refractivity contribution < 1.29 is 54.4 Å². The van der Waals surface area contributed by atoms with E-state index < -0.39 is 18.5 Å². The minimum absolute atomic E-state index is 0. The molecule has 0 unspecified atom stereocenters. The van der Waals surface area contributed by atoms with Crippen LogP contribution in [-0.2, 0) is 11.6 Å². The number of benzene rings is 7.